The Morgan fingerprint density at radius 2 is 1.59 bits per heavy atom. The predicted octanol–water partition coefficient (Wildman–Crippen LogP) is 5.81. The Balaban J connectivity index is 2.30. The molecular formula is C16H14N2S4. The molecule has 0 fully saturated rings. The minimum atomic E-state index is -0.904. The first kappa shape index (κ1) is 17.4. The van der Waals surface area contributed by atoms with E-state index in [9.17, 15) is 0 Å². The van der Waals surface area contributed by atoms with E-state index in [-0.39, 0.29) is 5.41 Å². The average Bonchev–Trinajstić information content (AvgIpc) is 2.50. The van der Waals surface area contributed by atoms with E-state index in [2.05, 4.69) is 52.4 Å². The van der Waals surface area contributed by atoms with Crippen LogP contribution in [-0.2, 0) is 0 Å². The maximum absolute atomic E-state index is 4.74. The molecule has 1 aromatic carbocycles. The van der Waals surface area contributed by atoms with Crippen LogP contribution >= 0.6 is 46.0 Å². The van der Waals surface area contributed by atoms with E-state index in [0.717, 1.165) is 4.91 Å². The van der Waals surface area contributed by atoms with Crippen LogP contribution in [0.4, 0.5) is 0 Å². The molecule has 1 aliphatic carbocycles. The standard InChI is InChI=1S/C16H14N2S4/c1-15(2)8-9-16(17-11-19,18-12-20)10-14(15)22-21-13-6-4-3-5-7-13/h3-10H,1-2H3. The molecule has 6 heteroatoms. The van der Waals surface area contributed by atoms with Gasteiger partial charge in [0.1, 0.15) is 0 Å². The third-order valence-electron chi connectivity index (χ3n) is 3.14. The molecule has 0 aromatic heterocycles. The van der Waals surface area contributed by atoms with E-state index in [4.69, 9.17) is 24.4 Å². The highest BCUT2D eigenvalue weighted by Gasteiger charge is 2.34. The Kier molecular flexibility index (Phi) is 5.93. The van der Waals surface area contributed by atoms with Crippen LogP contribution < -0.4 is 0 Å². The first-order valence-electron chi connectivity index (χ1n) is 6.53. The summed E-state index contributed by atoms with van der Waals surface area (Å²) >= 11 is 9.48. The molecule has 0 radical (unpaired) electrons. The zero-order valence-corrected chi connectivity index (χ0v) is 15.4. The molecule has 0 amide bonds. The summed E-state index contributed by atoms with van der Waals surface area (Å²) in [4.78, 5) is 10.7. The largest absolute Gasteiger partial charge is 0.207 e. The smallest absolute Gasteiger partial charge is 0.192 e. The molecule has 22 heavy (non-hydrogen) atoms. The van der Waals surface area contributed by atoms with Gasteiger partial charge in [-0.3, -0.25) is 0 Å². The predicted molar refractivity (Wildman–Crippen MR) is 104 cm³/mol. The normalized spacial score (nSPS) is 22.2. The van der Waals surface area contributed by atoms with Crippen LogP contribution in [0.2, 0.25) is 0 Å². The lowest BCUT2D eigenvalue weighted by molar-refractivity contribution is 0.563. The molecule has 0 saturated heterocycles. The quantitative estimate of drug-likeness (QED) is 0.286. The van der Waals surface area contributed by atoms with E-state index >= 15 is 0 Å². The first-order chi connectivity index (χ1) is 10.5. The molecule has 0 saturated carbocycles. The van der Waals surface area contributed by atoms with Gasteiger partial charge in [0.25, 0.3) is 0 Å². The maximum atomic E-state index is 4.74. The van der Waals surface area contributed by atoms with Gasteiger partial charge in [-0.25, -0.2) is 0 Å². The number of rotatable bonds is 5. The fourth-order valence-corrected chi connectivity index (χ4v) is 4.78. The van der Waals surface area contributed by atoms with Crippen molar-refractivity contribution in [3.05, 3.63) is 53.5 Å². The van der Waals surface area contributed by atoms with Gasteiger partial charge in [-0.2, -0.15) is 9.98 Å². The SMILES string of the molecule is CC1(C)C=CC(N=C=S)(N=C=S)C=C1SSc1ccccc1. The Labute approximate surface area is 149 Å². The van der Waals surface area contributed by atoms with E-state index in [1.807, 2.05) is 30.4 Å². The third kappa shape index (κ3) is 4.26. The second-order valence-electron chi connectivity index (χ2n) is 5.23. The van der Waals surface area contributed by atoms with Gasteiger partial charge in [0.05, 0.1) is 10.3 Å². The van der Waals surface area contributed by atoms with Gasteiger partial charge in [0, 0.05) is 15.2 Å². The van der Waals surface area contributed by atoms with Crippen LogP contribution in [0.1, 0.15) is 13.8 Å². The van der Waals surface area contributed by atoms with Crippen LogP contribution in [0, 0.1) is 5.41 Å². The number of hydrogen-bond acceptors (Lipinski definition) is 6. The summed E-state index contributed by atoms with van der Waals surface area (Å²) in [6.45, 7) is 4.31. The van der Waals surface area contributed by atoms with E-state index < -0.39 is 5.66 Å². The molecule has 0 aliphatic heterocycles. The minimum Gasteiger partial charge on any atom is -0.192 e. The number of allylic oxidation sites excluding steroid dienone is 2. The van der Waals surface area contributed by atoms with Crippen molar-refractivity contribution in [2.45, 2.75) is 24.4 Å². The number of aliphatic imine (C=N–C) groups is 2. The average molecular weight is 363 g/mol. The summed E-state index contributed by atoms with van der Waals surface area (Å²) in [5, 5.41) is 4.80. The molecule has 0 spiro atoms. The van der Waals surface area contributed by atoms with Gasteiger partial charge in [0.15, 0.2) is 0 Å². The lowest BCUT2D eigenvalue weighted by atomic mass is 9.85. The van der Waals surface area contributed by atoms with Gasteiger partial charge in [-0.05, 0) is 48.7 Å². The van der Waals surface area contributed by atoms with Crippen molar-refractivity contribution >= 4 is 56.3 Å². The van der Waals surface area contributed by atoms with Gasteiger partial charge >= 0.3 is 0 Å². The van der Waals surface area contributed by atoms with Crippen molar-refractivity contribution in [2.24, 2.45) is 15.4 Å². The molecule has 112 valence electrons. The second kappa shape index (κ2) is 7.51. The van der Waals surface area contributed by atoms with Gasteiger partial charge < -0.3 is 0 Å². The van der Waals surface area contributed by atoms with Gasteiger partial charge in [-0.15, -0.1) is 0 Å². The van der Waals surface area contributed by atoms with E-state index in [0.29, 0.717) is 0 Å². The summed E-state index contributed by atoms with van der Waals surface area (Å²) in [5.41, 5.74) is -0.998. The molecule has 1 aliphatic rings. The molecule has 2 rings (SSSR count). The van der Waals surface area contributed by atoms with Crippen LogP contribution in [0.3, 0.4) is 0 Å². The van der Waals surface area contributed by atoms with Crippen LogP contribution in [-0.4, -0.2) is 16.0 Å². The van der Waals surface area contributed by atoms with E-state index in [1.165, 1.54) is 4.90 Å². The van der Waals surface area contributed by atoms with Crippen molar-refractivity contribution in [2.75, 3.05) is 0 Å². The van der Waals surface area contributed by atoms with Crippen molar-refractivity contribution in [3.8, 4) is 0 Å². The van der Waals surface area contributed by atoms with Crippen LogP contribution in [0.5, 0.6) is 0 Å². The highest BCUT2D eigenvalue weighted by Crippen LogP contribution is 2.49. The van der Waals surface area contributed by atoms with Crippen molar-refractivity contribution in [1.29, 1.82) is 0 Å². The zero-order valence-electron chi connectivity index (χ0n) is 12.1. The first-order valence-corrected chi connectivity index (χ1v) is 9.49. The molecular weight excluding hydrogens is 348 g/mol. The fourth-order valence-electron chi connectivity index (χ4n) is 1.85. The highest BCUT2D eigenvalue weighted by atomic mass is 33.1. The Bertz CT molecular complexity index is 676. The molecule has 1 aromatic rings. The minimum absolute atomic E-state index is 0.0934. The summed E-state index contributed by atoms with van der Waals surface area (Å²) in [6, 6.07) is 10.2. The summed E-state index contributed by atoms with van der Waals surface area (Å²) in [6.07, 6.45) is 5.95. The number of nitrogens with zero attached hydrogens (tertiary/aromatic N) is 2. The number of hydrogen-bond donors (Lipinski definition) is 0. The van der Waals surface area contributed by atoms with Crippen LogP contribution in [0.25, 0.3) is 0 Å². The summed E-state index contributed by atoms with van der Waals surface area (Å²) in [5.74, 6) is 0. The molecule has 0 bridgehead atoms. The Morgan fingerprint density at radius 1 is 0.955 bits per heavy atom. The molecule has 0 heterocycles. The zero-order chi connectivity index (χ0) is 16.1. The third-order valence-corrected chi connectivity index (χ3v) is 6.06. The van der Waals surface area contributed by atoms with Crippen molar-refractivity contribution < 1.29 is 0 Å². The highest BCUT2D eigenvalue weighted by molar-refractivity contribution is 8.78. The topological polar surface area (TPSA) is 24.7 Å². The number of benzene rings is 1. The molecule has 0 N–H and O–H groups in total. The Hall–Kier alpha value is -1.00. The summed E-state index contributed by atoms with van der Waals surface area (Å²) < 4.78 is 0. The lowest BCUT2D eigenvalue weighted by Crippen LogP contribution is -2.26. The van der Waals surface area contributed by atoms with Gasteiger partial charge in [0.2, 0.25) is 5.66 Å². The summed E-state index contributed by atoms with van der Waals surface area (Å²) in [7, 11) is 3.40. The monoisotopic (exact) mass is 362 g/mol. The van der Waals surface area contributed by atoms with Crippen LogP contribution in [0.15, 0.2) is 68.3 Å². The van der Waals surface area contributed by atoms with Gasteiger partial charge in [-0.1, -0.05) is 59.7 Å². The second-order valence-corrected chi connectivity index (χ2v) is 7.84. The molecule has 0 atom stereocenters. The lowest BCUT2D eigenvalue weighted by Gasteiger charge is -2.31. The van der Waals surface area contributed by atoms with E-state index in [1.54, 1.807) is 21.6 Å². The fraction of sp³-hybridized carbons (Fsp3) is 0.250. The number of thiocarbonyl (C=S) groups is 2. The Morgan fingerprint density at radius 3 is 2.18 bits per heavy atom. The maximum Gasteiger partial charge on any atom is 0.207 e. The number of isothiocyanates is 2. The van der Waals surface area contributed by atoms with Crippen molar-refractivity contribution in [1.82, 2.24) is 0 Å². The molecule has 0 unspecified atom stereocenters. The van der Waals surface area contributed by atoms with Crippen molar-refractivity contribution in [3.63, 3.8) is 0 Å². The molecule has 2 nitrogen and oxygen atoms in total.